The normalized spacial score (nSPS) is 12.3. The van der Waals surface area contributed by atoms with Crippen LogP contribution in [-0.2, 0) is 14.3 Å². The van der Waals surface area contributed by atoms with Crippen LogP contribution in [0.25, 0.3) is 0 Å². The van der Waals surface area contributed by atoms with E-state index in [-0.39, 0.29) is 19.2 Å². The molecule has 132 valence electrons. The minimum atomic E-state index is -0.634. The number of carbonyl (C=O) groups is 1. The van der Waals surface area contributed by atoms with E-state index < -0.39 is 11.5 Å². The Kier molecular flexibility index (Phi) is 8.23. The van der Waals surface area contributed by atoms with Gasteiger partial charge in [0.15, 0.2) is 0 Å². The van der Waals surface area contributed by atoms with Crippen molar-refractivity contribution in [3.05, 3.63) is 28.2 Å². The molecule has 0 heterocycles. The third-order valence-electron chi connectivity index (χ3n) is 3.34. The summed E-state index contributed by atoms with van der Waals surface area (Å²) in [6.07, 6.45) is 0.587. The summed E-state index contributed by atoms with van der Waals surface area (Å²) in [4.78, 5) is 11.7. The number of carbonyl (C=O) groups excluding carboxylic acids is 1. The van der Waals surface area contributed by atoms with Gasteiger partial charge in [-0.25, -0.2) is 0 Å². The number of nitrogens with zero attached hydrogens (tertiary/aromatic N) is 1. The topological polar surface area (TPSA) is 68.5 Å². The van der Waals surface area contributed by atoms with E-state index in [0.717, 1.165) is 16.5 Å². The number of halogens is 1. The molecule has 0 radical (unpaired) electrons. The SMILES string of the molecule is CCCC(=O)OC[C@H](OCC(C)(C)C#N)c1cc(Br)ccc1OC. The second-order valence-corrected chi connectivity index (χ2v) is 7.03. The third kappa shape index (κ3) is 6.50. The maximum Gasteiger partial charge on any atom is 0.305 e. The number of hydrogen-bond donors (Lipinski definition) is 0. The molecule has 1 atom stereocenters. The molecule has 0 aliphatic heterocycles. The standard InChI is InChI=1S/C18H24BrNO4/c1-5-6-17(21)23-10-16(24-12-18(2,3)11-20)14-9-13(19)7-8-15(14)22-4/h7-9,16H,5-6,10,12H2,1-4H3/t16-/m0/s1. The lowest BCUT2D eigenvalue weighted by molar-refractivity contribution is -0.148. The summed E-state index contributed by atoms with van der Waals surface area (Å²) in [6.45, 7) is 5.81. The summed E-state index contributed by atoms with van der Waals surface area (Å²) in [5, 5.41) is 9.16. The molecule has 0 saturated heterocycles. The zero-order valence-electron chi connectivity index (χ0n) is 14.6. The van der Waals surface area contributed by atoms with Crippen LogP contribution in [0.3, 0.4) is 0 Å². The molecule has 6 heteroatoms. The maximum atomic E-state index is 11.7. The van der Waals surface area contributed by atoms with Gasteiger partial charge in [-0.15, -0.1) is 0 Å². The number of esters is 1. The van der Waals surface area contributed by atoms with Crippen molar-refractivity contribution in [2.24, 2.45) is 5.41 Å². The molecule has 0 fully saturated rings. The molecule has 0 bridgehead atoms. The van der Waals surface area contributed by atoms with Gasteiger partial charge in [-0.1, -0.05) is 22.9 Å². The summed E-state index contributed by atoms with van der Waals surface area (Å²) < 4.78 is 17.5. The lowest BCUT2D eigenvalue weighted by Gasteiger charge is -2.24. The fourth-order valence-corrected chi connectivity index (χ4v) is 2.35. The van der Waals surface area contributed by atoms with Gasteiger partial charge < -0.3 is 14.2 Å². The summed E-state index contributed by atoms with van der Waals surface area (Å²) in [6, 6.07) is 7.75. The van der Waals surface area contributed by atoms with E-state index in [2.05, 4.69) is 22.0 Å². The Morgan fingerprint density at radius 1 is 1.42 bits per heavy atom. The third-order valence-corrected chi connectivity index (χ3v) is 3.83. The van der Waals surface area contributed by atoms with Crippen LogP contribution in [0.1, 0.15) is 45.3 Å². The molecular weight excluding hydrogens is 374 g/mol. The van der Waals surface area contributed by atoms with Crippen LogP contribution in [0.5, 0.6) is 5.75 Å². The van der Waals surface area contributed by atoms with E-state index in [0.29, 0.717) is 12.2 Å². The lowest BCUT2D eigenvalue weighted by atomic mass is 9.97. The molecule has 0 amide bonds. The van der Waals surface area contributed by atoms with Crippen molar-refractivity contribution in [2.45, 2.75) is 39.7 Å². The van der Waals surface area contributed by atoms with Crippen LogP contribution >= 0.6 is 15.9 Å². The molecule has 0 spiro atoms. The highest BCUT2D eigenvalue weighted by atomic mass is 79.9. The molecule has 1 rings (SSSR count). The van der Waals surface area contributed by atoms with E-state index in [4.69, 9.17) is 19.5 Å². The highest BCUT2D eigenvalue weighted by Crippen LogP contribution is 2.32. The van der Waals surface area contributed by atoms with E-state index in [1.54, 1.807) is 21.0 Å². The number of ether oxygens (including phenoxy) is 3. The first-order valence-electron chi connectivity index (χ1n) is 7.85. The Hall–Kier alpha value is -1.58. The molecule has 24 heavy (non-hydrogen) atoms. The summed E-state index contributed by atoms with van der Waals surface area (Å²) >= 11 is 3.43. The first-order valence-corrected chi connectivity index (χ1v) is 8.64. The van der Waals surface area contributed by atoms with Crippen LogP contribution in [0, 0.1) is 16.7 Å². The Balaban J connectivity index is 2.98. The van der Waals surface area contributed by atoms with Crippen molar-refractivity contribution in [3.8, 4) is 11.8 Å². The van der Waals surface area contributed by atoms with E-state index in [1.165, 1.54) is 0 Å². The molecule has 0 saturated carbocycles. The predicted octanol–water partition coefficient (Wildman–Crippen LogP) is 4.41. The zero-order chi connectivity index (χ0) is 18.2. The largest absolute Gasteiger partial charge is 0.496 e. The minimum absolute atomic E-state index is 0.0765. The van der Waals surface area contributed by atoms with Crippen molar-refractivity contribution in [1.82, 2.24) is 0 Å². The first-order chi connectivity index (χ1) is 11.3. The molecule has 0 N–H and O–H groups in total. The number of hydrogen-bond acceptors (Lipinski definition) is 5. The van der Waals surface area contributed by atoms with Gasteiger partial charge in [-0.2, -0.15) is 5.26 Å². The fourth-order valence-electron chi connectivity index (χ4n) is 1.97. The van der Waals surface area contributed by atoms with Gasteiger partial charge in [0, 0.05) is 16.5 Å². The van der Waals surface area contributed by atoms with E-state index in [9.17, 15) is 4.79 Å². The van der Waals surface area contributed by atoms with Crippen LogP contribution in [0.15, 0.2) is 22.7 Å². The van der Waals surface area contributed by atoms with Gasteiger partial charge in [0.2, 0.25) is 0 Å². The van der Waals surface area contributed by atoms with Crippen LogP contribution in [-0.4, -0.2) is 26.3 Å². The highest BCUT2D eigenvalue weighted by Gasteiger charge is 2.24. The molecule has 0 aromatic heterocycles. The van der Waals surface area contributed by atoms with E-state index >= 15 is 0 Å². The molecule has 0 aliphatic rings. The average Bonchev–Trinajstić information content (AvgIpc) is 2.55. The lowest BCUT2D eigenvalue weighted by Crippen LogP contribution is -2.23. The van der Waals surface area contributed by atoms with Gasteiger partial charge >= 0.3 is 5.97 Å². The van der Waals surface area contributed by atoms with Gasteiger partial charge in [0.1, 0.15) is 18.5 Å². The maximum absolute atomic E-state index is 11.7. The van der Waals surface area contributed by atoms with Crippen molar-refractivity contribution in [3.63, 3.8) is 0 Å². The number of rotatable bonds is 9. The number of nitriles is 1. The van der Waals surface area contributed by atoms with Crippen molar-refractivity contribution >= 4 is 21.9 Å². The molecule has 0 unspecified atom stereocenters. The van der Waals surface area contributed by atoms with Crippen molar-refractivity contribution in [2.75, 3.05) is 20.3 Å². The highest BCUT2D eigenvalue weighted by molar-refractivity contribution is 9.10. The van der Waals surface area contributed by atoms with Crippen molar-refractivity contribution in [1.29, 1.82) is 5.26 Å². The van der Waals surface area contributed by atoms with Gasteiger partial charge in [-0.05, 0) is 38.5 Å². The van der Waals surface area contributed by atoms with Crippen LogP contribution in [0.4, 0.5) is 0 Å². The second kappa shape index (κ2) is 9.65. The summed E-state index contributed by atoms with van der Waals surface area (Å²) in [5.41, 5.74) is 0.134. The molecule has 1 aromatic carbocycles. The Morgan fingerprint density at radius 2 is 2.12 bits per heavy atom. The first kappa shape index (κ1) is 20.5. The molecular formula is C18H24BrNO4. The number of methoxy groups -OCH3 is 1. The zero-order valence-corrected chi connectivity index (χ0v) is 16.2. The minimum Gasteiger partial charge on any atom is -0.496 e. The smallest absolute Gasteiger partial charge is 0.305 e. The van der Waals surface area contributed by atoms with Crippen LogP contribution in [0.2, 0.25) is 0 Å². The fraction of sp³-hybridized carbons (Fsp3) is 0.556. The van der Waals surface area contributed by atoms with Gasteiger partial charge in [0.05, 0.1) is 25.2 Å². The summed E-state index contributed by atoms with van der Waals surface area (Å²) in [5.74, 6) is 0.379. The molecule has 5 nitrogen and oxygen atoms in total. The summed E-state index contributed by atoms with van der Waals surface area (Å²) in [7, 11) is 1.58. The predicted molar refractivity (Wildman–Crippen MR) is 94.6 cm³/mol. The van der Waals surface area contributed by atoms with E-state index in [1.807, 2.05) is 25.1 Å². The van der Waals surface area contributed by atoms with Gasteiger partial charge in [-0.3, -0.25) is 4.79 Å². The average molecular weight is 398 g/mol. The second-order valence-electron chi connectivity index (χ2n) is 6.11. The quantitative estimate of drug-likeness (QED) is 0.577. The van der Waals surface area contributed by atoms with Crippen LogP contribution < -0.4 is 4.74 Å². The monoisotopic (exact) mass is 397 g/mol. The Morgan fingerprint density at radius 3 is 2.71 bits per heavy atom. The number of benzene rings is 1. The Labute approximate surface area is 152 Å². The Bertz CT molecular complexity index is 595. The molecule has 0 aliphatic carbocycles. The molecule has 1 aromatic rings. The van der Waals surface area contributed by atoms with Crippen molar-refractivity contribution < 1.29 is 19.0 Å². The van der Waals surface area contributed by atoms with Gasteiger partial charge in [0.25, 0.3) is 0 Å².